The highest BCUT2D eigenvalue weighted by atomic mass is 32.2. The maximum Gasteiger partial charge on any atom is 0.420 e. The molecule has 0 aromatic carbocycles. The van der Waals surface area contributed by atoms with Crippen LogP contribution in [0.5, 0.6) is 0 Å². The molecule has 0 bridgehead atoms. The van der Waals surface area contributed by atoms with Crippen LogP contribution in [0.15, 0.2) is 21.6 Å². The van der Waals surface area contributed by atoms with Crippen molar-refractivity contribution in [1.82, 2.24) is 0 Å². The molecule has 0 spiro atoms. The molecule has 1 aliphatic carbocycles. The van der Waals surface area contributed by atoms with E-state index in [2.05, 4.69) is 0 Å². The van der Waals surface area contributed by atoms with E-state index >= 15 is 0 Å². The highest BCUT2D eigenvalue weighted by Gasteiger charge is 2.48. The summed E-state index contributed by atoms with van der Waals surface area (Å²) < 4.78 is 68.2. The van der Waals surface area contributed by atoms with E-state index in [1.54, 1.807) is 0 Å². The van der Waals surface area contributed by atoms with Crippen LogP contribution in [0, 0.1) is 0 Å². The van der Waals surface area contributed by atoms with Gasteiger partial charge in [-0.1, -0.05) is 0 Å². The number of hydrogen-bond donors (Lipinski definition) is 1. The van der Waals surface area contributed by atoms with Gasteiger partial charge < -0.3 is 0 Å². The molecule has 0 saturated heterocycles. The summed E-state index contributed by atoms with van der Waals surface area (Å²) in [6.45, 7) is 1.63. The van der Waals surface area contributed by atoms with Crippen LogP contribution in [-0.4, -0.2) is 30.7 Å². The van der Waals surface area contributed by atoms with Gasteiger partial charge in [0.05, 0.1) is 0 Å². The zero-order chi connectivity index (χ0) is 14.5. The van der Waals surface area contributed by atoms with Crippen molar-refractivity contribution in [1.29, 1.82) is 0 Å². The molecule has 0 fully saturated rings. The van der Waals surface area contributed by atoms with Crippen LogP contribution >= 0.6 is 0 Å². The van der Waals surface area contributed by atoms with Crippen LogP contribution in [0.3, 0.4) is 0 Å². The van der Waals surface area contributed by atoms with Gasteiger partial charge in [-0.05, 0) is 13.8 Å². The summed E-state index contributed by atoms with van der Waals surface area (Å²) in [5, 5.41) is 0. The molecule has 100 valence electrons. The zero-order valence-corrected chi connectivity index (χ0v) is 9.94. The third kappa shape index (κ3) is 2.23. The summed E-state index contributed by atoms with van der Waals surface area (Å²) in [6.07, 6.45) is -5.17. The molecule has 0 saturated carbocycles. The van der Waals surface area contributed by atoms with E-state index in [1.807, 2.05) is 0 Å². The molecular weight excluding hydrogens is 277 g/mol. The van der Waals surface area contributed by atoms with Crippen LogP contribution < -0.4 is 0 Å². The maximum atomic E-state index is 12.6. The number of ketones is 2. The predicted molar refractivity (Wildman–Crippen MR) is 53.0 cm³/mol. The van der Waals surface area contributed by atoms with E-state index in [0.717, 1.165) is 13.8 Å². The fourth-order valence-corrected chi connectivity index (χ4v) is 2.42. The summed E-state index contributed by atoms with van der Waals surface area (Å²) >= 11 is 0. The Morgan fingerprint density at radius 1 is 1.00 bits per heavy atom. The van der Waals surface area contributed by atoms with E-state index in [4.69, 9.17) is 4.55 Å². The van der Waals surface area contributed by atoms with Crippen molar-refractivity contribution >= 4 is 21.7 Å². The van der Waals surface area contributed by atoms with Crippen LogP contribution in [0.25, 0.3) is 0 Å². The van der Waals surface area contributed by atoms with Crippen molar-refractivity contribution in [3.63, 3.8) is 0 Å². The predicted octanol–water partition coefficient (Wildman–Crippen LogP) is 1.18. The first kappa shape index (κ1) is 14.6. The number of rotatable bonds is 1. The molecule has 1 rings (SSSR count). The third-order valence-electron chi connectivity index (χ3n) is 2.37. The van der Waals surface area contributed by atoms with E-state index in [-0.39, 0.29) is 0 Å². The van der Waals surface area contributed by atoms with Gasteiger partial charge in [0.2, 0.25) is 5.78 Å². The first-order chi connectivity index (χ1) is 7.89. The standard InChI is InChI=1S/C9H7F3O5S/c1-3-5(9(10,11)12)7(14)8(18(15,16)17)4(2)6(3)13/h1-2H3,(H,15,16,17). The normalized spacial score (nSPS) is 18.8. The van der Waals surface area contributed by atoms with Gasteiger partial charge in [-0.2, -0.15) is 21.6 Å². The molecule has 0 atom stereocenters. The monoisotopic (exact) mass is 284 g/mol. The van der Waals surface area contributed by atoms with Crippen molar-refractivity contribution in [2.24, 2.45) is 0 Å². The summed E-state index contributed by atoms with van der Waals surface area (Å²) in [6, 6.07) is 0. The summed E-state index contributed by atoms with van der Waals surface area (Å²) in [4.78, 5) is 21.4. The summed E-state index contributed by atoms with van der Waals surface area (Å²) in [5.74, 6) is -3.16. The van der Waals surface area contributed by atoms with E-state index in [9.17, 15) is 31.2 Å². The number of halogens is 3. The zero-order valence-electron chi connectivity index (χ0n) is 9.12. The summed E-state index contributed by atoms with van der Waals surface area (Å²) in [7, 11) is -5.20. The van der Waals surface area contributed by atoms with Gasteiger partial charge in [0, 0.05) is 11.1 Å². The van der Waals surface area contributed by atoms with E-state index < -0.39 is 49.5 Å². The van der Waals surface area contributed by atoms with Crippen LogP contribution in [-0.2, 0) is 19.7 Å². The van der Waals surface area contributed by atoms with Gasteiger partial charge in [-0.3, -0.25) is 14.1 Å². The van der Waals surface area contributed by atoms with Crippen molar-refractivity contribution in [3.8, 4) is 0 Å². The van der Waals surface area contributed by atoms with E-state index in [1.165, 1.54) is 0 Å². The minimum atomic E-state index is -5.20. The lowest BCUT2D eigenvalue weighted by atomic mass is 9.90. The number of Topliss-reactive ketones (excluding diaryl/α,β-unsaturated/α-hetero) is 2. The largest absolute Gasteiger partial charge is 0.420 e. The topological polar surface area (TPSA) is 88.5 Å². The fraction of sp³-hybridized carbons (Fsp3) is 0.333. The molecule has 0 amide bonds. The minimum absolute atomic E-state index is 0.729. The smallest absolute Gasteiger partial charge is 0.289 e. The van der Waals surface area contributed by atoms with Crippen LogP contribution in [0.1, 0.15) is 13.8 Å². The Hall–Kier alpha value is -1.48. The number of allylic oxidation sites excluding steroid dienone is 4. The average Bonchev–Trinajstić information content (AvgIpc) is 2.09. The van der Waals surface area contributed by atoms with Gasteiger partial charge in [0.1, 0.15) is 10.5 Å². The van der Waals surface area contributed by atoms with Crippen LogP contribution in [0.2, 0.25) is 0 Å². The Kier molecular flexibility index (Phi) is 3.26. The Bertz CT molecular complexity index is 607. The minimum Gasteiger partial charge on any atom is -0.289 e. The lowest BCUT2D eigenvalue weighted by molar-refractivity contribution is -0.128. The second-order valence-corrected chi connectivity index (χ2v) is 4.94. The first-order valence-corrected chi connectivity index (χ1v) is 5.89. The highest BCUT2D eigenvalue weighted by molar-refractivity contribution is 7.91. The van der Waals surface area contributed by atoms with Gasteiger partial charge >= 0.3 is 6.18 Å². The molecule has 9 heteroatoms. The van der Waals surface area contributed by atoms with Gasteiger partial charge in [0.15, 0.2) is 5.78 Å². The van der Waals surface area contributed by atoms with Crippen LogP contribution in [0.4, 0.5) is 13.2 Å². The Labute approximate surface area is 99.7 Å². The van der Waals surface area contributed by atoms with Gasteiger partial charge in [-0.15, -0.1) is 0 Å². The SMILES string of the molecule is CC1=C(C(F)(F)F)C(=O)C(S(=O)(=O)O)=C(C)C1=O. The Morgan fingerprint density at radius 3 is 1.78 bits per heavy atom. The lowest BCUT2D eigenvalue weighted by Gasteiger charge is -2.20. The second-order valence-electron chi connectivity index (χ2n) is 3.59. The van der Waals surface area contributed by atoms with Crippen molar-refractivity contribution < 1.29 is 35.7 Å². The molecular formula is C9H7F3O5S. The molecule has 0 heterocycles. The Morgan fingerprint density at radius 2 is 1.44 bits per heavy atom. The highest BCUT2D eigenvalue weighted by Crippen LogP contribution is 2.36. The van der Waals surface area contributed by atoms with Crippen molar-refractivity contribution in [2.75, 3.05) is 0 Å². The molecule has 1 N–H and O–H groups in total. The van der Waals surface area contributed by atoms with Crippen molar-refractivity contribution in [2.45, 2.75) is 20.0 Å². The summed E-state index contributed by atoms with van der Waals surface area (Å²) in [5.41, 5.74) is -3.49. The third-order valence-corrected chi connectivity index (χ3v) is 3.38. The average molecular weight is 284 g/mol. The maximum absolute atomic E-state index is 12.6. The molecule has 0 unspecified atom stereocenters. The van der Waals surface area contributed by atoms with Gasteiger partial charge in [0.25, 0.3) is 10.1 Å². The number of hydrogen-bond acceptors (Lipinski definition) is 4. The van der Waals surface area contributed by atoms with Gasteiger partial charge in [-0.25, -0.2) is 0 Å². The molecule has 0 aromatic rings. The lowest BCUT2D eigenvalue weighted by Crippen LogP contribution is -2.32. The number of alkyl halides is 3. The molecule has 0 aliphatic heterocycles. The first-order valence-electron chi connectivity index (χ1n) is 4.45. The second kappa shape index (κ2) is 4.02. The fourth-order valence-electron chi connectivity index (χ4n) is 1.60. The van der Waals surface area contributed by atoms with E-state index in [0.29, 0.717) is 0 Å². The number of carbonyl (C=O) groups excluding carboxylic acids is 2. The molecule has 0 radical (unpaired) electrons. The van der Waals surface area contributed by atoms with Crippen molar-refractivity contribution in [3.05, 3.63) is 21.6 Å². The molecule has 0 aromatic heterocycles. The quantitative estimate of drug-likeness (QED) is 0.577. The molecule has 18 heavy (non-hydrogen) atoms. The Balaban J connectivity index is 3.66. The molecule has 1 aliphatic rings. The number of carbonyl (C=O) groups is 2. The molecule has 5 nitrogen and oxygen atoms in total.